The lowest BCUT2D eigenvalue weighted by Crippen LogP contribution is -2.12. The molecule has 2 rings (SSSR count). The van der Waals surface area contributed by atoms with Gasteiger partial charge in [0.2, 0.25) is 5.91 Å². The highest BCUT2D eigenvalue weighted by Gasteiger charge is 2.05. The number of nitrogens with two attached hydrogens (primary N) is 1. The fraction of sp³-hybridized carbons (Fsp3) is 0.267. The number of carbonyl (C=O) groups excluding carboxylic acids is 1. The molecule has 5 heteroatoms. The van der Waals surface area contributed by atoms with Crippen LogP contribution >= 0.6 is 23.1 Å². The molecular formula is C15H18N2OS2. The van der Waals surface area contributed by atoms with E-state index in [2.05, 4.69) is 16.8 Å². The van der Waals surface area contributed by atoms with Crippen molar-refractivity contribution in [1.82, 2.24) is 0 Å². The van der Waals surface area contributed by atoms with Crippen molar-refractivity contribution in [3.8, 4) is 0 Å². The number of aryl methyl sites for hydroxylation is 1. The fourth-order valence-electron chi connectivity index (χ4n) is 1.79. The molecule has 0 saturated heterocycles. The molecule has 0 spiro atoms. The van der Waals surface area contributed by atoms with Crippen LogP contribution in [0.4, 0.5) is 11.4 Å². The number of thiophene rings is 1. The van der Waals surface area contributed by atoms with Crippen molar-refractivity contribution in [2.24, 2.45) is 0 Å². The van der Waals surface area contributed by atoms with Crippen LogP contribution in [0.1, 0.15) is 18.4 Å². The molecule has 0 radical (unpaired) electrons. The van der Waals surface area contributed by atoms with Crippen molar-refractivity contribution >= 4 is 40.4 Å². The minimum Gasteiger partial charge on any atom is -0.399 e. The van der Waals surface area contributed by atoms with Crippen molar-refractivity contribution in [3.63, 3.8) is 0 Å². The molecule has 1 amide bonds. The molecule has 1 aromatic carbocycles. The van der Waals surface area contributed by atoms with E-state index in [0.717, 1.165) is 23.4 Å². The van der Waals surface area contributed by atoms with E-state index in [1.54, 1.807) is 29.2 Å². The highest BCUT2D eigenvalue weighted by Crippen LogP contribution is 2.24. The fourth-order valence-corrected chi connectivity index (χ4v) is 3.59. The van der Waals surface area contributed by atoms with Crippen LogP contribution in [-0.2, 0) is 4.79 Å². The standard InChI is InChI=1S/C15H18N2OS2/c1-11-10-12(16)6-7-13(11)17-14(18)4-2-8-19-15-5-3-9-20-15/h3,5-7,9-10H,2,4,8,16H2,1H3,(H,17,18). The van der Waals surface area contributed by atoms with E-state index in [0.29, 0.717) is 12.1 Å². The second-order valence-corrected chi connectivity index (χ2v) is 6.85. The molecule has 3 N–H and O–H groups in total. The summed E-state index contributed by atoms with van der Waals surface area (Å²) in [4.78, 5) is 11.9. The molecule has 0 atom stereocenters. The third-order valence-electron chi connectivity index (χ3n) is 2.81. The topological polar surface area (TPSA) is 55.1 Å². The van der Waals surface area contributed by atoms with Gasteiger partial charge < -0.3 is 11.1 Å². The summed E-state index contributed by atoms with van der Waals surface area (Å²) in [5, 5.41) is 5.00. The third-order valence-corrected chi connectivity index (χ3v) is 5.03. The first-order valence-corrected chi connectivity index (χ1v) is 8.34. The van der Waals surface area contributed by atoms with Gasteiger partial charge in [-0.05, 0) is 54.3 Å². The van der Waals surface area contributed by atoms with Crippen molar-refractivity contribution in [2.45, 2.75) is 24.0 Å². The summed E-state index contributed by atoms with van der Waals surface area (Å²) in [6, 6.07) is 9.66. The Bertz CT molecular complexity index is 567. The predicted octanol–water partition coefficient (Wildman–Crippen LogP) is 4.15. The molecule has 106 valence electrons. The first-order chi connectivity index (χ1) is 9.65. The lowest BCUT2D eigenvalue weighted by atomic mass is 10.1. The Morgan fingerprint density at radius 1 is 1.40 bits per heavy atom. The summed E-state index contributed by atoms with van der Waals surface area (Å²) in [5.74, 6) is 1.03. The van der Waals surface area contributed by atoms with Crippen molar-refractivity contribution in [3.05, 3.63) is 41.3 Å². The second-order valence-electron chi connectivity index (χ2n) is 4.51. The summed E-state index contributed by atoms with van der Waals surface area (Å²) >= 11 is 3.54. The van der Waals surface area contributed by atoms with Crippen LogP contribution in [0.3, 0.4) is 0 Å². The zero-order chi connectivity index (χ0) is 14.4. The summed E-state index contributed by atoms with van der Waals surface area (Å²) in [7, 11) is 0. The summed E-state index contributed by atoms with van der Waals surface area (Å²) in [6.07, 6.45) is 1.42. The lowest BCUT2D eigenvalue weighted by molar-refractivity contribution is -0.116. The van der Waals surface area contributed by atoms with E-state index < -0.39 is 0 Å². The lowest BCUT2D eigenvalue weighted by Gasteiger charge is -2.08. The minimum atomic E-state index is 0.0599. The zero-order valence-corrected chi connectivity index (χ0v) is 13.0. The van der Waals surface area contributed by atoms with Crippen molar-refractivity contribution in [2.75, 3.05) is 16.8 Å². The van der Waals surface area contributed by atoms with E-state index in [4.69, 9.17) is 5.73 Å². The number of hydrogen-bond acceptors (Lipinski definition) is 4. The Morgan fingerprint density at radius 3 is 2.95 bits per heavy atom. The summed E-state index contributed by atoms with van der Waals surface area (Å²) < 4.78 is 1.31. The van der Waals surface area contributed by atoms with Crippen LogP contribution in [0, 0.1) is 6.92 Å². The number of benzene rings is 1. The first kappa shape index (κ1) is 14.9. The van der Waals surface area contributed by atoms with Gasteiger partial charge >= 0.3 is 0 Å². The average Bonchev–Trinajstić information content (AvgIpc) is 2.91. The van der Waals surface area contributed by atoms with Crippen LogP contribution in [0.5, 0.6) is 0 Å². The van der Waals surface area contributed by atoms with Gasteiger partial charge in [-0.2, -0.15) is 0 Å². The Morgan fingerprint density at radius 2 is 2.25 bits per heavy atom. The van der Waals surface area contributed by atoms with Gasteiger partial charge in [0.15, 0.2) is 0 Å². The summed E-state index contributed by atoms with van der Waals surface area (Å²) in [6.45, 7) is 1.94. The minimum absolute atomic E-state index is 0.0599. The Labute approximate surface area is 127 Å². The van der Waals surface area contributed by atoms with E-state index in [1.165, 1.54) is 4.21 Å². The molecule has 0 aliphatic rings. The molecule has 0 aliphatic carbocycles. The quantitative estimate of drug-likeness (QED) is 0.479. The van der Waals surface area contributed by atoms with Gasteiger partial charge in [0.25, 0.3) is 0 Å². The second kappa shape index (κ2) is 7.36. The van der Waals surface area contributed by atoms with Gasteiger partial charge in [0, 0.05) is 17.8 Å². The number of nitrogen functional groups attached to an aromatic ring is 1. The molecule has 0 bridgehead atoms. The van der Waals surface area contributed by atoms with Crippen LogP contribution in [0.25, 0.3) is 0 Å². The molecule has 0 saturated carbocycles. The molecule has 1 heterocycles. The number of anilines is 2. The van der Waals surface area contributed by atoms with Gasteiger partial charge in [-0.25, -0.2) is 0 Å². The molecule has 2 aromatic rings. The maximum absolute atomic E-state index is 11.9. The van der Waals surface area contributed by atoms with Crippen LogP contribution in [0.15, 0.2) is 39.9 Å². The number of rotatable bonds is 6. The zero-order valence-electron chi connectivity index (χ0n) is 11.4. The van der Waals surface area contributed by atoms with Gasteiger partial charge in [0.1, 0.15) is 0 Å². The molecule has 3 nitrogen and oxygen atoms in total. The molecule has 0 unspecified atom stereocenters. The average molecular weight is 306 g/mol. The van der Waals surface area contributed by atoms with Gasteiger partial charge in [-0.3, -0.25) is 4.79 Å². The Kier molecular flexibility index (Phi) is 5.49. The highest BCUT2D eigenvalue weighted by molar-refractivity contribution is 8.01. The maximum Gasteiger partial charge on any atom is 0.224 e. The predicted molar refractivity (Wildman–Crippen MR) is 88.5 cm³/mol. The summed E-state index contributed by atoms with van der Waals surface area (Å²) in [5.41, 5.74) is 8.24. The molecular weight excluding hydrogens is 288 g/mol. The van der Waals surface area contributed by atoms with Crippen LogP contribution in [0.2, 0.25) is 0 Å². The number of nitrogens with one attached hydrogen (secondary N) is 1. The van der Waals surface area contributed by atoms with E-state index in [1.807, 2.05) is 25.1 Å². The number of thioether (sulfide) groups is 1. The number of amides is 1. The molecule has 0 fully saturated rings. The highest BCUT2D eigenvalue weighted by atomic mass is 32.2. The largest absolute Gasteiger partial charge is 0.399 e. The molecule has 0 aliphatic heterocycles. The van der Waals surface area contributed by atoms with E-state index in [9.17, 15) is 4.79 Å². The van der Waals surface area contributed by atoms with Gasteiger partial charge in [-0.1, -0.05) is 6.07 Å². The van der Waals surface area contributed by atoms with Crippen molar-refractivity contribution in [1.29, 1.82) is 0 Å². The Balaban J connectivity index is 1.72. The SMILES string of the molecule is Cc1cc(N)ccc1NC(=O)CCCSc1cccs1. The third kappa shape index (κ3) is 4.58. The van der Waals surface area contributed by atoms with Crippen molar-refractivity contribution < 1.29 is 4.79 Å². The smallest absolute Gasteiger partial charge is 0.224 e. The van der Waals surface area contributed by atoms with Crippen LogP contribution < -0.4 is 11.1 Å². The number of carbonyl (C=O) groups is 1. The molecule has 1 aromatic heterocycles. The monoisotopic (exact) mass is 306 g/mol. The Hall–Kier alpha value is -1.46. The normalized spacial score (nSPS) is 10.4. The molecule has 20 heavy (non-hydrogen) atoms. The maximum atomic E-state index is 11.9. The number of hydrogen-bond donors (Lipinski definition) is 2. The first-order valence-electron chi connectivity index (χ1n) is 6.47. The van der Waals surface area contributed by atoms with Gasteiger partial charge in [0.05, 0.1) is 4.21 Å². The van der Waals surface area contributed by atoms with E-state index >= 15 is 0 Å². The van der Waals surface area contributed by atoms with E-state index in [-0.39, 0.29) is 5.91 Å². The van der Waals surface area contributed by atoms with Crippen LogP contribution in [-0.4, -0.2) is 11.7 Å². The van der Waals surface area contributed by atoms with Gasteiger partial charge in [-0.15, -0.1) is 23.1 Å².